The van der Waals surface area contributed by atoms with E-state index in [1.165, 1.54) is 18.2 Å². The van der Waals surface area contributed by atoms with Crippen LogP contribution in [0.5, 0.6) is 0 Å². The molecule has 0 radical (unpaired) electrons. The lowest BCUT2D eigenvalue weighted by atomic mass is 9.92. The minimum atomic E-state index is -2.72. The second kappa shape index (κ2) is 33.1. The summed E-state index contributed by atoms with van der Waals surface area (Å²) in [4.78, 5) is 49.6. The molecule has 6 aliphatic carbocycles. The molecule has 6 aromatic heterocycles. The zero-order valence-corrected chi connectivity index (χ0v) is 53.3. The number of nitrogen functional groups attached to an aromatic ring is 1. The Kier molecular flexibility index (Phi) is 25.7. The Bertz CT molecular complexity index is 3320. The zero-order valence-electron chi connectivity index (χ0n) is 53.3. The van der Waals surface area contributed by atoms with Crippen LogP contribution in [0.2, 0.25) is 0 Å². The number of anilines is 7. The van der Waals surface area contributed by atoms with Gasteiger partial charge in [0.05, 0.1) is 5.69 Å². The Morgan fingerprint density at radius 2 is 0.530 bits per heavy atom. The SMILES string of the molecule is C.Fc1ccc(F)c(-c2nc(NC3CCC(F)(F)CC3)nc(NC3CCC(F)(F)CC3)n2)n1.NCc1ccc(F)c(-c2nc(NC3CCC(F)(F)CC3)nc(NC3CCC(F)(F)CC3)n2)n1.NN.Nc1ccc(F)c(-c2nc(NC3CCC(F)(F)CC3)nc(NC3CCC(F)(F)CC3)n2)n1. The molecule has 0 unspecified atom stereocenters. The van der Waals surface area contributed by atoms with E-state index in [4.69, 9.17) is 11.5 Å². The molecule has 0 bridgehead atoms. The van der Waals surface area contributed by atoms with Crippen LogP contribution >= 0.6 is 0 Å². The summed E-state index contributed by atoms with van der Waals surface area (Å²) in [6.45, 7) is 0.0845. The Morgan fingerprint density at radius 3 is 0.780 bits per heavy atom. The maximum absolute atomic E-state index is 14.5. The number of alkyl halides is 12. The van der Waals surface area contributed by atoms with Crippen molar-refractivity contribution in [2.24, 2.45) is 17.4 Å². The van der Waals surface area contributed by atoms with Crippen LogP contribution in [0.15, 0.2) is 36.4 Å². The van der Waals surface area contributed by atoms with Gasteiger partial charge in [0.25, 0.3) is 0 Å². The monoisotopic (exact) mass is 1440 g/mol. The summed E-state index contributed by atoms with van der Waals surface area (Å²) < 4.78 is 218. The second-order valence-corrected chi connectivity index (χ2v) is 25.4. The van der Waals surface area contributed by atoms with Crippen LogP contribution < -0.4 is 55.1 Å². The number of pyridine rings is 3. The van der Waals surface area contributed by atoms with Crippen LogP contribution in [0.25, 0.3) is 34.6 Å². The van der Waals surface area contributed by atoms with Crippen molar-refractivity contribution >= 4 is 41.5 Å². The van der Waals surface area contributed by atoms with Gasteiger partial charge in [-0.25, -0.2) is 80.8 Å². The number of hydrazine groups is 1. The predicted molar refractivity (Wildman–Crippen MR) is 341 cm³/mol. The van der Waals surface area contributed by atoms with E-state index in [9.17, 15) is 70.2 Å². The van der Waals surface area contributed by atoms with E-state index in [0.29, 0.717) is 5.69 Å². The summed E-state index contributed by atoms with van der Waals surface area (Å²) in [5, 5.41) is 18.0. The Balaban J connectivity index is 0.000000187. The number of aromatic nitrogens is 12. The van der Waals surface area contributed by atoms with Crippen molar-refractivity contribution in [2.75, 3.05) is 37.6 Å². The molecule has 38 heteroatoms. The topological polar surface area (TPSA) is 331 Å². The molecule has 0 amide bonds. The summed E-state index contributed by atoms with van der Waals surface area (Å²) in [6.07, 6.45) is -0.657. The van der Waals surface area contributed by atoms with Gasteiger partial charge in [0.15, 0.2) is 34.9 Å². The summed E-state index contributed by atoms with van der Waals surface area (Å²) in [6, 6.07) is 5.00. The summed E-state index contributed by atoms with van der Waals surface area (Å²) in [5.41, 5.74) is 11.0. The van der Waals surface area contributed by atoms with Gasteiger partial charge in [-0.1, -0.05) is 7.43 Å². The second-order valence-electron chi connectivity index (χ2n) is 25.4. The summed E-state index contributed by atoms with van der Waals surface area (Å²) in [7, 11) is 0. The van der Waals surface area contributed by atoms with Gasteiger partial charge >= 0.3 is 0 Å². The Hall–Kier alpha value is -8.16. The largest absolute Gasteiger partial charge is 0.384 e. The average molecular weight is 1440 g/mol. The highest BCUT2D eigenvalue weighted by molar-refractivity contribution is 5.58. The van der Waals surface area contributed by atoms with Crippen LogP contribution in [-0.4, -0.2) is 132 Å². The van der Waals surface area contributed by atoms with Gasteiger partial charge in [-0.2, -0.15) is 49.2 Å². The lowest BCUT2D eigenvalue weighted by Gasteiger charge is -2.30. The molecule has 12 rings (SSSR count). The molecule has 100 heavy (non-hydrogen) atoms. The van der Waals surface area contributed by atoms with Crippen molar-refractivity contribution in [2.45, 2.75) is 240 Å². The third-order valence-corrected chi connectivity index (χ3v) is 17.6. The third-order valence-electron chi connectivity index (χ3n) is 17.6. The average Bonchev–Trinajstić information content (AvgIpc) is 0.814. The minimum absolute atomic E-state index is 0. The van der Waals surface area contributed by atoms with E-state index >= 15 is 0 Å². The van der Waals surface area contributed by atoms with Crippen LogP contribution in [0.3, 0.4) is 0 Å². The molecule has 6 saturated carbocycles. The molecule has 22 nitrogen and oxygen atoms in total. The first-order chi connectivity index (χ1) is 46.8. The number of hydrogen-bond donors (Lipinski definition) is 10. The van der Waals surface area contributed by atoms with E-state index < -0.39 is 64.6 Å². The predicted octanol–water partition coefficient (Wildman–Crippen LogP) is 13.8. The fourth-order valence-electron chi connectivity index (χ4n) is 12.0. The Labute approximate surface area is 564 Å². The van der Waals surface area contributed by atoms with Crippen molar-refractivity contribution in [3.05, 3.63) is 65.5 Å². The lowest BCUT2D eigenvalue weighted by molar-refractivity contribution is -0.0367. The van der Waals surface area contributed by atoms with E-state index in [2.05, 4.69) is 103 Å². The number of rotatable bonds is 16. The molecule has 0 atom stereocenters. The van der Waals surface area contributed by atoms with E-state index in [1.54, 1.807) is 0 Å². The number of hydrogen-bond acceptors (Lipinski definition) is 22. The minimum Gasteiger partial charge on any atom is -0.384 e. The van der Waals surface area contributed by atoms with Crippen molar-refractivity contribution in [3.8, 4) is 34.6 Å². The molecular weight excluding hydrogens is 1360 g/mol. The molecule has 0 aromatic carbocycles. The molecule has 550 valence electrons. The van der Waals surface area contributed by atoms with Crippen LogP contribution in [0.4, 0.5) is 112 Å². The normalized spacial score (nSPS) is 20.6. The maximum atomic E-state index is 14.5. The Morgan fingerprint density at radius 1 is 0.310 bits per heavy atom. The van der Waals surface area contributed by atoms with Gasteiger partial charge in [0.1, 0.15) is 22.9 Å². The molecule has 6 aliphatic rings. The third kappa shape index (κ3) is 22.7. The van der Waals surface area contributed by atoms with Gasteiger partial charge in [-0.3, -0.25) is 11.7 Å². The molecular formula is C62H80F16N22. The van der Waals surface area contributed by atoms with Gasteiger partial charge in [-0.15, -0.1) is 0 Å². The smallest absolute Gasteiger partial charge is 0.248 e. The first-order valence-electron chi connectivity index (χ1n) is 32.4. The molecule has 0 saturated heterocycles. The molecule has 0 aliphatic heterocycles. The highest BCUT2D eigenvalue weighted by atomic mass is 19.3. The number of nitrogens with two attached hydrogens (primary N) is 4. The molecule has 6 aromatic rings. The molecule has 6 heterocycles. The van der Waals surface area contributed by atoms with Crippen LogP contribution in [0.1, 0.15) is 167 Å². The first-order valence-corrected chi connectivity index (χ1v) is 32.4. The number of nitrogens with one attached hydrogen (secondary N) is 6. The van der Waals surface area contributed by atoms with Crippen molar-refractivity contribution in [1.29, 1.82) is 0 Å². The fraction of sp³-hybridized carbons (Fsp3) is 0.613. The first kappa shape index (κ1) is 77.6. The van der Waals surface area contributed by atoms with Gasteiger partial charge in [-0.05, 0) is 113 Å². The maximum Gasteiger partial charge on any atom is 0.248 e. The van der Waals surface area contributed by atoms with Crippen LogP contribution in [-0.2, 0) is 6.54 Å². The van der Waals surface area contributed by atoms with E-state index in [1.807, 2.05) is 0 Å². The standard InChI is InChI=1S/C21H26F5N7.C20H22F6N6.C20H24F5N7.CH4.H4N2/c22-15-2-1-14(11-27)28-16(15)17-31-18(29-12-3-7-20(23,24)8-4-12)33-19(32-17)30-13-5-9-21(25,26)10-6-13;21-13-1-2-14(22)29-15(13)16-30-17(27-11-3-7-19(23,24)8-4-11)32-18(31-16)28-12-5-9-20(25,26)10-6-12;21-13-1-2-14(26)29-15(13)16-30-17(27-11-3-7-19(22,23)8-4-11)32-18(31-16)28-12-5-9-20(24,25)10-6-12;;1-2/h1-2,12-13H,3-11,27H2,(H2,29,30,31,32,33);1-2,11-12H,3-10H2,(H2,27,28,30,31,32);1-2,11-12H,3-10H2,(H2,26,29)(H2,27,28,30,31,32);1H4;1-2H2. The number of halogens is 16. The highest BCUT2D eigenvalue weighted by Gasteiger charge is 2.41. The van der Waals surface area contributed by atoms with Gasteiger partial charge < -0.3 is 43.4 Å². The van der Waals surface area contributed by atoms with Crippen molar-refractivity contribution < 1.29 is 70.2 Å². The molecule has 14 N–H and O–H groups in total. The molecule has 6 fully saturated rings. The lowest BCUT2D eigenvalue weighted by Crippen LogP contribution is -2.33. The quantitative estimate of drug-likeness (QED) is 0.0186. The fourth-order valence-corrected chi connectivity index (χ4v) is 12.0. The summed E-state index contributed by atoms with van der Waals surface area (Å²) in [5.74, 6) is -11.4. The van der Waals surface area contributed by atoms with Gasteiger partial charge in [0.2, 0.25) is 77.2 Å². The van der Waals surface area contributed by atoms with Crippen molar-refractivity contribution in [3.63, 3.8) is 0 Å². The van der Waals surface area contributed by atoms with Gasteiger partial charge in [0, 0.05) is 120 Å². The zero-order chi connectivity index (χ0) is 71.5. The number of nitrogens with zero attached hydrogens (tertiary/aromatic N) is 12. The van der Waals surface area contributed by atoms with Crippen molar-refractivity contribution in [1.82, 2.24) is 59.8 Å². The van der Waals surface area contributed by atoms with Crippen LogP contribution in [0, 0.1) is 23.4 Å². The molecule has 0 spiro atoms. The summed E-state index contributed by atoms with van der Waals surface area (Å²) >= 11 is 0. The van der Waals surface area contributed by atoms with E-state index in [0.717, 1.165) is 18.2 Å². The highest BCUT2D eigenvalue weighted by Crippen LogP contribution is 2.40. The van der Waals surface area contributed by atoms with E-state index in [-0.39, 0.29) is 275 Å².